The fourth-order valence-corrected chi connectivity index (χ4v) is 3.53. The molecule has 1 aromatic carbocycles. The Morgan fingerprint density at radius 3 is 2.62 bits per heavy atom. The number of hydrogen-bond donors (Lipinski definition) is 2. The molecule has 126 valence electrons. The Bertz CT molecular complexity index is 735. The molecule has 0 bridgehead atoms. The Hall–Kier alpha value is -2.34. The number of piperidine rings is 1. The first-order valence-corrected chi connectivity index (χ1v) is 8.89. The summed E-state index contributed by atoms with van der Waals surface area (Å²) in [7, 11) is 0. The lowest BCUT2D eigenvalue weighted by molar-refractivity contribution is 0.0697. The zero-order valence-corrected chi connectivity index (χ0v) is 14.3. The molecule has 1 saturated heterocycles. The van der Waals surface area contributed by atoms with Crippen LogP contribution in [0.4, 0.5) is 11.4 Å². The summed E-state index contributed by atoms with van der Waals surface area (Å²) in [6.07, 6.45) is 2.13. The number of aromatic carboxylic acids is 1. The standard InChI is InChI=1S/C18H20N2O3S/c1-12-6-8-20(9-7-12)15-5-4-13(11-14(15)18(22)23)19-17(21)16-3-2-10-24-16/h2-5,10-12H,6-9H2,1H3,(H,19,21)(H,22,23). The van der Waals surface area contributed by atoms with E-state index < -0.39 is 5.97 Å². The Labute approximate surface area is 144 Å². The van der Waals surface area contributed by atoms with Crippen LogP contribution in [0.5, 0.6) is 0 Å². The number of carbonyl (C=O) groups is 2. The van der Waals surface area contributed by atoms with Gasteiger partial charge in [0.15, 0.2) is 0 Å². The van der Waals surface area contributed by atoms with Gasteiger partial charge in [-0.05, 0) is 48.4 Å². The summed E-state index contributed by atoms with van der Waals surface area (Å²) in [5.74, 6) is -0.518. The Morgan fingerprint density at radius 1 is 1.25 bits per heavy atom. The third-order valence-corrected chi connectivity index (χ3v) is 5.22. The Balaban J connectivity index is 1.82. The van der Waals surface area contributed by atoms with E-state index in [1.54, 1.807) is 24.3 Å². The molecule has 24 heavy (non-hydrogen) atoms. The number of carboxylic acid groups (broad SMARTS) is 1. The highest BCUT2D eigenvalue weighted by Gasteiger charge is 2.21. The van der Waals surface area contributed by atoms with E-state index in [4.69, 9.17) is 0 Å². The van der Waals surface area contributed by atoms with Crippen LogP contribution in [0.2, 0.25) is 0 Å². The molecule has 1 aliphatic heterocycles. The van der Waals surface area contributed by atoms with E-state index in [0.29, 0.717) is 16.5 Å². The Morgan fingerprint density at radius 2 is 2.00 bits per heavy atom. The van der Waals surface area contributed by atoms with Gasteiger partial charge in [0.05, 0.1) is 16.1 Å². The quantitative estimate of drug-likeness (QED) is 0.881. The maximum absolute atomic E-state index is 12.1. The van der Waals surface area contributed by atoms with Crippen molar-refractivity contribution < 1.29 is 14.7 Å². The minimum atomic E-state index is -0.976. The van der Waals surface area contributed by atoms with Crippen LogP contribution >= 0.6 is 11.3 Å². The minimum absolute atomic E-state index is 0.221. The van der Waals surface area contributed by atoms with E-state index in [9.17, 15) is 14.7 Å². The van der Waals surface area contributed by atoms with E-state index in [0.717, 1.165) is 31.6 Å². The Kier molecular flexibility index (Phi) is 4.85. The summed E-state index contributed by atoms with van der Waals surface area (Å²) < 4.78 is 0. The van der Waals surface area contributed by atoms with Gasteiger partial charge in [-0.2, -0.15) is 0 Å². The van der Waals surface area contributed by atoms with Gasteiger partial charge < -0.3 is 15.3 Å². The van der Waals surface area contributed by atoms with Crippen molar-refractivity contribution in [2.75, 3.05) is 23.3 Å². The van der Waals surface area contributed by atoms with Crippen molar-refractivity contribution in [2.24, 2.45) is 5.92 Å². The highest BCUT2D eigenvalue weighted by molar-refractivity contribution is 7.12. The van der Waals surface area contributed by atoms with Gasteiger partial charge >= 0.3 is 5.97 Å². The number of anilines is 2. The second-order valence-corrected chi connectivity index (χ2v) is 7.09. The number of hydrogen-bond acceptors (Lipinski definition) is 4. The lowest BCUT2D eigenvalue weighted by Gasteiger charge is -2.33. The smallest absolute Gasteiger partial charge is 0.337 e. The first-order chi connectivity index (χ1) is 11.5. The van der Waals surface area contributed by atoms with E-state index in [2.05, 4.69) is 17.1 Å². The van der Waals surface area contributed by atoms with E-state index in [1.165, 1.54) is 11.3 Å². The SMILES string of the molecule is CC1CCN(c2ccc(NC(=O)c3cccs3)cc2C(=O)O)CC1. The highest BCUT2D eigenvalue weighted by atomic mass is 32.1. The first kappa shape index (κ1) is 16.5. The van der Waals surface area contributed by atoms with Crippen LogP contribution in [0, 0.1) is 5.92 Å². The first-order valence-electron chi connectivity index (χ1n) is 8.01. The molecule has 0 aliphatic carbocycles. The molecule has 6 heteroatoms. The predicted molar refractivity (Wildman–Crippen MR) is 96.3 cm³/mol. The number of carboxylic acids is 1. The van der Waals surface area contributed by atoms with Crippen molar-refractivity contribution in [3.05, 3.63) is 46.2 Å². The number of amides is 1. The lowest BCUT2D eigenvalue weighted by Crippen LogP contribution is -2.33. The molecule has 0 unspecified atom stereocenters. The number of nitrogens with zero attached hydrogens (tertiary/aromatic N) is 1. The molecule has 0 atom stereocenters. The van der Waals surface area contributed by atoms with Gasteiger partial charge in [-0.15, -0.1) is 11.3 Å². The van der Waals surface area contributed by atoms with Crippen LogP contribution in [0.3, 0.4) is 0 Å². The number of carbonyl (C=O) groups excluding carboxylic acids is 1. The van der Waals surface area contributed by atoms with Crippen molar-refractivity contribution in [3.63, 3.8) is 0 Å². The average Bonchev–Trinajstić information content (AvgIpc) is 3.10. The van der Waals surface area contributed by atoms with Gasteiger partial charge in [-0.25, -0.2) is 4.79 Å². The molecule has 1 amide bonds. The normalized spacial score (nSPS) is 15.3. The van der Waals surface area contributed by atoms with Gasteiger partial charge in [0.2, 0.25) is 0 Å². The van der Waals surface area contributed by atoms with Gasteiger partial charge in [0, 0.05) is 18.8 Å². The molecule has 2 aromatic rings. The van der Waals surface area contributed by atoms with E-state index in [1.807, 2.05) is 11.4 Å². The molecule has 1 fully saturated rings. The average molecular weight is 344 g/mol. The summed E-state index contributed by atoms with van der Waals surface area (Å²) in [4.78, 5) is 26.5. The minimum Gasteiger partial charge on any atom is -0.478 e. The van der Waals surface area contributed by atoms with Crippen LogP contribution in [0.15, 0.2) is 35.7 Å². The van der Waals surface area contributed by atoms with Gasteiger partial charge in [-0.1, -0.05) is 13.0 Å². The molecule has 0 saturated carbocycles. The van der Waals surface area contributed by atoms with Crippen molar-refractivity contribution in [3.8, 4) is 0 Å². The van der Waals surface area contributed by atoms with Crippen molar-refractivity contribution in [1.29, 1.82) is 0 Å². The molecule has 1 aliphatic rings. The molecule has 5 nitrogen and oxygen atoms in total. The molecule has 1 aromatic heterocycles. The summed E-state index contributed by atoms with van der Waals surface area (Å²) in [6, 6.07) is 8.65. The van der Waals surface area contributed by atoms with Gasteiger partial charge in [-0.3, -0.25) is 4.79 Å². The van der Waals surface area contributed by atoms with Crippen LogP contribution in [-0.2, 0) is 0 Å². The molecular formula is C18H20N2O3S. The summed E-state index contributed by atoms with van der Waals surface area (Å²) in [5, 5.41) is 14.2. The van der Waals surface area contributed by atoms with Gasteiger partial charge in [0.1, 0.15) is 0 Å². The second kappa shape index (κ2) is 7.05. The van der Waals surface area contributed by atoms with Crippen molar-refractivity contribution >= 4 is 34.6 Å². The second-order valence-electron chi connectivity index (χ2n) is 6.14. The molecular weight excluding hydrogens is 324 g/mol. The number of thiophene rings is 1. The van der Waals surface area contributed by atoms with Crippen LogP contribution in [0.25, 0.3) is 0 Å². The number of rotatable bonds is 4. The maximum Gasteiger partial charge on any atom is 0.337 e. The van der Waals surface area contributed by atoms with E-state index in [-0.39, 0.29) is 11.5 Å². The van der Waals surface area contributed by atoms with Crippen LogP contribution < -0.4 is 10.2 Å². The third kappa shape index (κ3) is 3.59. The predicted octanol–water partition coefficient (Wildman–Crippen LogP) is 3.93. The number of benzene rings is 1. The largest absolute Gasteiger partial charge is 0.478 e. The zero-order valence-electron chi connectivity index (χ0n) is 13.5. The van der Waals surface area contributed by atoms with Crippen molar-refractivity contribution in [1.82, 2.24) is 0 Å². The monoisotopic (exact) mass is 344 g/mol. The van der Waals surface area contributed by atoms with Gasteiger partial charge in [0.25, 0.3) is 5.91 Å². The molecule has 0 radical (unpaired) electrons. The third-order valence-electron chi connectivity index (χ3n) is 4.35. The topological polar surface area (TPSA) is 69.6 Å². The molecule has 3 rings (SSSR count). The lowest BCUT2D eigenvalue weighted by atomic mass is 9.98. The number of nitrogens with one attached hydrogen (secondary N) is 1. The highest BCUT2D eigenvalue weighted by Crippen LogP contribution is 2.29. The summed E-state index contributed by atoms with van der Waals surface area (Å²) >= 11 is 1.35. The molecule has 0 spiro atoms. The van der Waals surface area contributed by atoms with Crippen molar-refractivity contribution in [2.45, 2.75) is 19.8 Å². The molecule has 2 heterocycles. The fourth-order valence-electron chi connectivity index (χ4n) is 2.91. The summed E-state index contributed by atoms with van der Waals surface area (Å²) in [6.45, 7) is 3.95. The van der Waals surface area contributed by atoms with E-state index >= 15 is 0 Å². The van der Waals surface area contributed by atoms with Crippen LogP contribution in [-0.4, -0.2) is 30.1 Å². The fraction of sp³-hybridized carbons (Fsp3) is 0.333. The molecule has 2 N–H and O–H groups in total. The zero-order chi connectivity index (χ0) is 17.1. The summed E-state index contributed by atoms with van der Waals surface area (Å²) in [5.41, 5.74) is 1.46. The maximum atomic E-state index is 12.1. The van der Waals surface area contributed by atoms with Crippen LogP contribution in [0.1, 0.15) is 39.8 Å².